The van der Waals surface area contributed by atoms with Crippen molar-refractivity contribution in [2.24, 2.45) is 5.92 Å². The standard InChI is InChI=1S/C26H25FN2O3/c27-20-3-1-2-19-22-14-28-15-29(22)21(26(19)20)13-23(30)17-6-4-16(5-7-17)18-8-9-24-25(12-18)32-11-10-31-24/h1-3,8-9,12,14-17,21H,4-7,10-11,13H2. The van der Waals surface area contributed by atoms with E-state index in [9.17, 15) is 9.18 Å². The summed E-state index contributed by atoms with van der Waals surface area (Å²) >= 11 is 0. The number of carbonyl (C=O) groups is 1. The second-order valence-electron chi connectivity index (χ2n) is 9.03. The highest BCUT2D eigenvalue weighted by molar-refractivity contribution is 5.83. The Kier molecular flexibility index (Phi) is 4.74. The van der Waals surface area contributed by atoms with E-state index in [1.165, 1.54) is 11.6 Å². The smallest absolute Gasteiger partial charge is 0.161 e. The third kappa shape index (κ3) is 3.20. The number of ketones is 1. The van der Waals surface area contributed by atoms with Crippen molar-refractivity contribution in [3.8, 4) is 22.8 Å². The van der Waals surface area contributed by atoms with Crippen LogP contribution < -0.4 is 9.47 Å². The van der Waals surface area contributed by atoms with Gasteiger partial charge in [-0.25, -0.2) is 9.37 Å². The van der Waals surface area contributed by atoms with Crippen molar-refractivity contribution in [2.75, 3.05) is 13.2 Å². The van der Waals surface area contributed by atoms with Gasteiger partial charge in [0.2, 0.25) is 0 Å². The quantitative estimate of drug-likeness (QED) is 0.562. The Balaban J connectivity index is 1.14. The zero-order chi connectivity index (χ0) is 21.7. The molecule has 32 heavy (non-hydrogen) atoms. The third-order valence-electron chi connectivity index (χ3n) is 7.28. The summed E-state index contributed by atoms with van der Waals surface area (Å²) in [5, 5.41) is 0. The molecule has 1 fully saturated rings. The molecule has 1 atom stereocenters. The van der Waals surface area contributed by atoms with Crippen LogP contribution in [0.1, 0.15) is 55.2 Å². The minimum absolute atomic E-state index is 0.0336. The van der Waals surface area contributed by atoms with Crippen LogP contribution in [0.4, 0.5) is 4.39 Å². The van der Waals surface area contributed by atoms with Gasteiger partial charge in [0.15, 0.2) is 11.5 Å². The van der Waals surface area contributed by atoms with Crippen molar-refractivity contribution >= 4 is 5.78 Å². The van der Waals surface area contributed by atoms with Crippen LogP contribution in [0.5, 0.6) is 11.5 Å². The fourth-order valence-electron chi connectivity index (χ4n) is 5.62. The Hall–Kier alpha value is -3.15. The van der Waals surface area contributed by atoms with Crippen molar-refractivity contribution in [1.82, 2.24) is 9.55 Å². The number of aromatic nitrogens is 2. The molecular formula is C26H25FN2O3. The first kappa shape index (κ1) is 19.5. The molecule has 1 unspecified atom stereocenters. The number of carbonyl (C=O) groups excluding carboxylic acids is 1. The van der Waals surface area contributed by atoms with Gasteiger partial charge in [-0.1, -0.05) is 18.2 Å². The number of hydrogen-bond donors (Lipinski definition) is 0. The Morgan fingerprint density at radius 3 is 2.72 bits per heavy atom. The molecule has 6 rings (SSSR count). The van der Waals surface area contributed by atoms with Gasteiger partial charge in [0.1, 0.15) is 24.8 Å². The minimum atomic E-state index is -0.299. The first-order chi connectivity index (χ1) is 15.7. The molecule has 3 aromatic rings. The SMILES string of the molecule is O=C(CC1c2c(F)cccc2-c2cncn21)C1CCC(c2ccc3c(c2)OCCO3)CC1. The van der Waals surface area contributed by atoms with Crippen LogP contribution in [0, 0.1) is 11.7 Å². The summed E-state index contributed by atoms with van der Waals surface area (Å²) in [6.07, 6.45) is 7.46. The summed E-state index contributed by atoms with van der Waals surface area (Å²) in [7, 11) is 0. The first-order valence-corrected chi connectivity index (χ1v) is 11.4. The number of hydrogen-bond acceptors (Lipinski definition) is 4. The fraction of sp³-hybridized carbons (Fsp3) is 0.385. The number of imidazole rings is 1. The maximum absolute atomic E-state index is 14.7. The number of rotatable bonds is 4. The second-order valence-corrected chi connectivity index (χ2v) is 9.03. The summed E-state index contributed by atoms with van der Waals surface area (Å²) in [6.45, 7) is 1.18. The molecule has 2 aliphatic heterocycles. The number of ether oxygens (including phenoxy) is 2. The number of nitrogens with zero attached hydrogens (tertiary/aromatic N) is 2. The molecule has 1 aromatic heterocycles. The third-order valence-corrected chi connectivity index (χ3v) is 7.28. The summed E-state index contributed by atoms with van der Waals surface area (Å²) in [5.41, 5.74) is 3.63. The highest BCUT2D eigenvalue weighted by atomic mass is 19.1. The average Bonchev–Trinajstić information content (AvgIpc) is 3.42. The van der Waals surface area contributed by atoms with Crippen LogP contribution in [-0.4, -0.2) is 28.5 Å². The second kappa shape index (κ2) is 7.76. The van der Waals surface area contributed by atoms with Gasteiger partial charge in [-0.3, -0.25) is 4.79 Å². The molecule has 0 spiro atoms. The molecule has 3 aliphatic rings. The highest BCUT2D eigenvalue weighted by Crippen LogP contribution is 2.44. The van der Waals surface area contributed by atoms with Crippen molar-refractivity contribution in [3.63, 3.8) is 0 Å². The van der Waals surface area contributed by atoms with Crippen LogP contribution in [0.25, 0.3) is 11.3 Å². The van der Waals surface area contributed by atoms with Crippen molar-refractivity contribution in [3.05, 3.63) is 65.9 Å². The minimum Gasteiger partial charge on any atom is -0.486 e. The van der Waals surface area contributed by atoms with E-state index >= 15 is 0 Å². The van der Waals surface area contributed by atoms with Gasteiger partial charge >= 0.3 is 0 Å². The van der Waals surface area contributed by atoms with Gasteiger partial charge in [-0.15, -0.1) is 0 Å². The van der Waals surface area contributed by atoms with E-state index in [4.69, 9.17) is 9.47 Å². The number of Topliss-reactive ketones (excluding diaryl/α,β-unsaturated/α-hetero) is 1. The Labute approximate surface area is 186 Å². The van der Waals surface area contributed by atoms with Gasteiger partial charge in [0.05, 0.1) is 24.3 Å². The Bertz CT molecular complexity index is 1180. The summed E-state index contributed by atoms with van der Waals surface area (Å²) in [5.74, 6) is 2.08. The van der Waals surface area contributed by atoms with Gasteiger partial charge < -0.3 is 14.0 Å². The molecule has 2 aromatic carbocycles. The van der Waals surface area contributed by atoms with E-state index in [-0.39, 0.29) is 23.6 Å². The molecular weight excluding hydrogens is 407 g/mol. The van der Waals surface area contributed by atoms with E-state index in [1.807, 2.05) is 16.7 Å². The molecule has 0 N–H and O–H groups in total. The summed E-state index contributed by atoms with van der Waals surface area (Å²) in [6, 6.07) is 11.0. The summed E-state index contributed by atoms with van der Waals surface area (Å²) < 4.78 is 28.0. The molecule has 0 radical (unpaired) electrons. The molecule has 164 valence electrons. The lowest BCUT2D eigenvalue weighted by Gasteiger charge is -2.29. The predicted molar refractivity (Wildman–Crippen MR) is 118 cm³/mol. The van der Waals surface area contributed by atoms with Crippen LogP contribution >= 0.6 is 0 Å². The predicted octanol–water partition coefficient (Wildman–Crippen LogP) is 5.30. The van der Waals surface area contributed by atoms with Crippen LogP contribution in [0.2, 0.25) is 0 Å². The van der Waals surface area contributed by atoms with E-state index in [0.29, 0.717) is 31.1 Å². The van der Waals surface area contributed by atoms with Gasteiger partial charge in [0, 0.05) is 23.5 Å². The molecule has 6 heteroatoms. The van der Waals surface area contributed by atoms with Crippen molar-refractivity contribution in [2.45, 2.75) is 44.1 Å². The maximum Gasteiger partial charge on any atom is 0.161 e. The van der Waals surface area contributed by atoms with Crippen LogP contribution in [0.3, 0.4) is 0 Å². The Morgan fingerprint density at radius 2 is 1.88 bits per heavy atom. The van der Waals surface area contributed by atoms with Crippen LogP contribution in [-0.2, 0) is 4.79 Å². The Morgan fingerprint density at radius 1 is 1.06 bits per heavy atom. The zero-order valence-corrected chi connectivity index (χ0v) is 17.8. The monoisotopic (exact) mass is 432 g/mol. The molecule has 5 nitrogen and oxygen atoms in total. The molecule has 0 bridgehead atoms. The van der Waals surface area contributed by atoms with Gasteiger partial charge in [-0.2, -0.15) is 0 Å². The normalized spacial score (nSPS) is 23.5. The van der Waals surface area contributed by atoms with Crippen molar-refractivity contribution in [1.29, 1.82) is 0 Å². The highest BCUT2D eigenvalue weighted by Gasteiger charge is 2.35. The number of fused-ring (bicyclic) bond motifs is 4. The lowest BCUT2D eigenvalue weighted by Crippen LogP contribution is -2.24. The first-order valence-electron chi connectivity index (χ1n) is 11.4. The lowest BCUT2D eigenvalue weighted by atomic mass is 9.76. The molecule has 1 aliphatic carbocycles. The molecule has 1 saturated carbocycles. The molecule has 3 heterocycles. The average molecular weight is 432 g/mol. The zero-order valence-electron chi connectivity index (χ0n) is 17.8. The fourth-order valence-corrected chi connectivity index (χ4v) is 5.62. The van der Waals surface area contributed by atoms with E-state index in [1.54, 1.807) is 18.6 Å². The van der Waals surface area contributed by atoms with E-state index in [0.717, 1.165) is 48.4 Å². The van der Waals surface area contributed by atoms with E-state index in [2.05, 4.69) is 17.1 Å². The summed E-state index contributed by atoms with van der Waals surface area (Å²) in [4.78, 5) is 17.5. The van der Waals surface area contributed by atoms with Gasteiger partial charge in [-0.05, 0) is 55.4 Å². The maximum atomic E-state index is 14.7. The van der Waals surface area contributed by atoms with Crippen LogP contribution in [0.15, 0.2) is 48.9 Å². The number of benzene rings is 2. The van der Waals surface area contributed by atoms with Crippen molar-refractivity contribution < 1.29 is 18.7 Å². The van der Waals surface area contributed by atoms with E-state index < -0.39 is 0 Å². The number of halogens is 1. The molecule has 0 amide bonds. The van der Waals surface area contributed by atoms with Gasteiger partial charge in [0.25, 0.3) is 0 Å². The topological polar surface area (TPSA) is 53.4 Å². The largest absolute Gasteiger partial charge is 0.486 e. The molecule has 0 saturated heterocycles. The lowest BCUT2D eigenvalue weighted by molar-refractivity contribution is -0.124.